The average Bonchev–Trinajstić information content (AvgIpc) is 3.08. The van der Waals surface area contributed by atoms with E-state index in [0.717, 1.165) is 17.2 Å². The Bertz CT molecular complexity index is 1320. The highest BCUT2D eigenvalue weighted by molar-refractivity contribution is 6.32. The van der Waals surface area contributed by atoms with E-state index in [1.807, 2.05) is 0 Å². The van der Waals surface area contributed by atoms with E-state index in [4.69, 9.17) is 21.2 Å². The predicted molar refractivity (Wildman–Crippen MR) is 129 cm³/mol. The maximum Gasteiger partial charge on any atom is 0.416 e. The van der Waals surface area contributed by atoms with E-state index in [0.29, 0.717) is 41.4 Å². The SMILES string of the molecule is CON(C)C(=O)C1=Cc2c(ncnc2Nc2ccc(Oc3cccc(C(F)(F)F)c3)c(Cl)c2)NCC1. The number of fused-ring (bicyclic) bond motifs is 1. The molecule has 188 valence electrons. The molecule has 0 unspecified atom stereocenters. The van der Waals surface area contributed by atoms with Gasteiger partial charge in [0.1, 0.15) is 29.5 Å². The summed E-state index contributed by atoms with van der Waals surface area (Å²) in [6, 6.07) is 9.25. The molecule has 4 rings (SSSR count). The first-order valence-electron chi connectivity index (χ1n) is 10.7. The van der Waals surface area contributed by atoms with Crippen LogP contribution < -0.4 is 15.4 Å². The molecule has 0 bridgehead atoms. The highest BCUT2D eigenvalue weighted by Crippen LogP contribution is 2.36. The number of ether oxygens (including phenoxy) is 1. The minimum Gasteiger partial charge on any atom is -0.456 e. The highest BCUT2D eigenvalue weighted by atomic mass is 35.5. The quantitative estimate of drug-likeness (QED) is 0.392. The van der Waals surface area contributed by atoms with Crippen molar-refractivity contribution in [2.75, 3.05) is 31.3 Å². The molecule has 1 amide bonds. The van der Waals surface area contributed by atoms with Crippen LogP contribution in [0.4, 0.5) is 30.5 Å². The number of hydroxylamine groups is 2. The molecule has 12 heteroatoms. The Hall–Kier alpha value is -3.83. The van der Waals surface area contributed by atoms with Crippen LogP contribution in [0, 0.1) is 0 Å². The van der Waals surface area contributed by atoms with Gasteiger partial charge in [-0.1, -0.05) is 17.7 Å². The molecule has 0 atom stereocenters. The molecule has 0 spiro atoms. The van der Waals surface area contributed by atoms with E-state index in [9.17, 15) is 18.0 Å². The van der Waals surface area contributed by atoms with E-state index in [2.05, 4.69) is 20.6 Å². The molecule has 1 aromatic heterocycles. The topological polar surface area (TPSA) is 88.6 Å². The third-order valence-corrected chi connectivity index (χ3v) is 5.60. The Morgan fingerprint density at radius 1 is 1.19 bits per heavy atom. The number of aromatic nitrogens is 2. The van der Waals surface area contributed by atoms with Gasteiger partial charge < -0.3 is 15.4 Å². The molecule has 0 saturated carbocycles. The van der Waals surface area contributed by atoms with Gasteiger partial charge in [-0.25, -0.2) is 15.0 Å². The van der Waals surface area contributed by atoms with Gasteiger partial charge in [0.2, 0.25) is 0 Å². The number of alkyl halides is 3. The summed E-state index contributed by atoms with van der Waals surface area (Å²) >= 11 is 6.35. The van der Waals surface area contributed by atoms with Crippen LogP contribution in [0.1, 0.15) is 17.5 Å². The summed E-state index contributed by atoms with van der Waals surface area (Å²) in [6.07, 6.45) is -0.958. The lowest BCUT2D eigenvalue weighted by atomic mass is 10.1. The van der Waals surface area contributed by atoms with E-state index < -0.39 is 11.7 Å². The molecule has 2 heterocycles. The summed E-state index contributed by atoms with van der Waals surface area (Å²) in [5, 5.41) is 7.62. The number of nitrogens with zero attached hydrogens (tertiary/aromatic N) is 3. The van der Waals surface area contributed by atoms with Crippen molar-refractivity contribution in [1.82, 2.24) is 15.0 Å². The van der Waals surface area contributed by atoms with Crippen LogP contribution in [0.25, 0.3) is 6.08 Å². The van der Waals surface area contributed by atoms with Crippen molar-refractivity contribution in [2.24, 2.45) is 0 Å². The monoisotopic (exact) mass is 519 g/mol. The summed E-state index contributed by atoms with van der Waals surface area (Å²) in [5.41, 5.74) is 0.793. The first-order valence-corrected chi connectivity index (χ1v) is 11.1. The number of likely N-dealkylation sites (N-methyl/N-ethyl adjacent to an activating group) is 1. The summed E-state index contributed by atoms with van der Waals surface area (Å²) < 4.78 is 44.5. The molecule has 0 saturated heterocycles. The molecule has 8 nitrogen and oxygen atoms in total. The van der Waals surface area contributed by atoms with Gasteiger partial charge in [0.25, 0.3) is 5.91 Å². The summed E-state index contributed by atoms with van der Waals surface area (Å²) in [4.78, 5) is 26.2. The fraction of sp³-hybridized carbons (Fsp3) is 0.208. The standard InChI is InChI=1S/C24H21ClF3N5O3/c1-33(35-2)23(34)14-8-9-29-21-18(10-14)22(31-13-30-21)32-16-6-7-20(19(25)12-16)36-17-5-3-4-15(11-17)24(26,27)28/h3-7,10-13H,8-9H2,1-2H3,(H2,29,30,31,32). The van der Waals surface area contributed by atoms with Gasteiger partial charge in [-0.05, 0) is 48.9 Å². The minimum absolute atomic E-state index is 0.00277. The number of benzene rings is 2. The summed E-state index contributed by atoms with van der Waals surface area (Å²) in [5.74, 6) is 0.859. The van der Waals surface area contributed by atoms with Gasteiger partial charge in [-0.15, -0.1) is 0 Å². The summed E-state index contributed by atoms with van der Waals surface area (Å²) in [6.45, 7) is 0.492. The Kier molecular flexibility index (Phi) is 7.32. The Labute approximate surface area is 209 Å². The van der Waals surface area contributed by atoms with E-state index in [1.165, 1.54) is 38.7 Å². The predicted octanol–water partition coefficient (Wildman–Crippen LogP) is 5.90. The molecule has 1 aliphatic heterocycles. The van der Waals surface area contributed by atoms with Gasteiger partial charge in [-0.2, -0.15) is 13.2 Å². The van der Waals surface area contributed by atoms with Crippen molar-refractivity contribution >= 4 is 40.9 Å². The van der Waals surface area contributed by atoms with Gasteiger partial charge in [0, 0.05) is 24.9 Å². The number of nitrogens with one attached hydrogen (secondary N) is 2. The van der Waals surface area contributed by atoms with Gasteiger partial charge in [0.05, 0.1) is 23.3 Å². The van der Waals surface area contributed by atoms with Crippen LogP contribution in [0.2, 0.25) is 5.02 Å². The van der Waals surface area contributed by atoms with Gasteiger partial charge >= 0.3 is 6.18 Å². The Morgan fingerprint density at radius 3 is 2.72 bits per heavy atom. The zero-order valence-electron chi connectivity index (χ0n) is 19.2. The second kappa shape index (κ2) is 10.4. The normalized spacial score (nSPS) is 13.1. The van der Waals surface area contributed by atoms with Crippen LogP contribution in [0.15, 0.2) is 54.4 Å². The van der Waals surface area contributed by atoms with Crippen molar-refractivity contribution in [3.8, 4) is 11.5 Å². The number of hydrogen-bond acceptors (Lipinski definition) is 7. The third kappa shape index (κ3) is 5.69. The molecular formula is C24H21ClF3N5O3. The van der Waals surface area contributed by atoms with Crippen LogP contribution >= 0.6 is 11.6 Å². The number of anilines is 3. The number of amides is 1. The molecule has 36 heavy (non-hydrogen) atoms. The summed E-state index contributed by atoms with van der Waals surface area (Å²) in [7, 11) is 2.93. The maximum absolute atomic E-state index is 13.0. The maximum atomic E-state index is 13.0. The molecule has 1 aliphatic rings. The van der Waals surface area contributed by atoms with Crippen molar-refractivity contribution in [3.05, 3.63) is 70.5 Å². The second-order valence-electron chi connectivity index (χ2n) is 7.71. The van der Waals surface area contributed by atoms with Crippen LogP contribution in [0.3, 0.4) is 0 Å². The minimum atomic E-state index is -4.49. The van der Waals surface area contributed by atoms with Gasteiger partial charge in [-0.3, -0.25) is 9.63 Å². The number of hydrogen-bond donors (Lipinski definition) is 2. The largest absolute Gasteiger partial charge is 0.456 e. The molecule has 2 N–H and O–H groups in total. The van der Waals surface area contributed by atoms with Crippen molar-refractivity contribution in [2.45, 2.75) is 12.6 Å². The van der Waals surface area contributed by atoms with Crippen molar-refractivity contribution in [1.29, 1.82) is 0 Å². The number of halogens is 4. The lowest BCUT2D eigenvalue weighted by molar-refractivity contribution is -0.164. The van der Waals surface area contributed by atoms with Crippen LogP contribution in [0.5, 0.6) is 11.5 Å². The van der Waals surface area contributed by atoms with Crippen LogP contribution in [-0.4, -0.2) is 41.6 Å². The van der Waals surface area contributed by atoms with Gasteiger partial charge in [0.15, 0.2) is 0 Å². The van der Waals surface area contributed by atoms with E-state index in [1.54, 1.807) is 18.2 Å². The zero-order valence-corrected chi connectivity index (χ0v) is 19.9. The average molecular weight is 520 g/mol. The Morgan fingerprint density at radius 2 is 2.00 bits per heavy atom. The number of rotatable bonds is 6. The van der Waals surface area contributed by atoms with Crippen LogP contribution in [-0.2, 0) is 15.8 Å². The molecule has 0 aliphatic carbocycles. The molecule has 3 aromatic rings. The zero-order chi connectivity index (χ0) is 25.9. The van der Waals surface area contributed by atoms with E-state index >= 15 is 0 Å². The lowest BCUT2D eigenvalue weighted by Crippen LogP contribution is -2.27. The highest BCUT2D eigenvalue weighted by Gasteiger charge is 2.30. The van der Waals surface area contributed by atoms with Crippen molar-refractivity contribution < 1.29 is 27.5 Å². The number of carbonyl (C=O) groups is 1. The molecular weight excluding hydrogens is 499 g/mol. The molecule has 2 aromatic carbocycles. The number of carbonyl (C=O) groups excluding carboxylic acids is 1. The lowest BCUT2D eigenvalue weighted by Gasteiger charge is -2.15. The first kappa shape index (κ1) is 25.3. The third-order valence-electron chi connectivity index (χ3n) is 5.31. The smallest absolute Gasteiger partial charge is 0.416 e. The molecule has 0 fully saturated rings. The second-order valence-corrected chi connectivity index (χ2v) is 8.12. The fourth-order valence-corrected chi connectivity index (χ4v) is 3.67. The fourth-order valence-electron chi connectivity index (χ4n) is 3.45. The van der Waals surface area contributed by atoms with E-state index in [-0.39, 0.29) is 22.4 Å². The first-order chi connectivity index (χ1) is 17.2. The van der Waals surface area contributed by atoms with Crippen molar-refractivity contribution in [3.63, 3.8) is 0 Å². The molecule has 0 radical (unpaired) electrons. The Balaban J connectivity index is 1.58.